The van der Waals surface area contributed by atoms with Gasteiger partial charge >= 0.3 is 0 Å². The van der Waals surface area contributed by atoms with E-state index in [2.05, 4.69) is 10.00 Å². The van der Waals surface area contributed by atoms with Crippen LogP contribution in [0.1, 0.15) is 12.1 Å². The highest BCUT2D eigenvalue weighted by Gasteiger charge is 2.20. The number of likely N-dealkylation sites (tertiary alicyclic amines) is 1. The number of aromatic nitrogens is 2. The molecular formula is C14H17FN4. The van der Waals surface area contributed by atoms with Crippen LogP contribution >= 0.6 is 0 Å². The molecule has 0 saturated carbocycles. The minimum Gasteiger partial charge on any atom is -0.326 e. The smallest absolute Gasteiger partial charge is 0.123 e. The fraction of sp³-hybridized carbons (Fsp3) is 0.357. The van der Waals surface area contributed by atoms with Crippen molar-refractivity contribution in [3.05, 3.63) is 48.0 Å². The van der Waals surface area contributed by atoms with Crippen molar-refractivity contribution in [2.75, 3.05) is 13.1 Å². The molecule has 100 valence electrons. The molecule has 1 aromatic heterocycles. The van der Waals surface area contributed by atoms with Crippen LogP contribution in [0.2, 0.25) is 0 Å². The molecule has 5 heteroatoms. The lowest BCUT2D eigenvalue weighted by Crippen LogP contribution is -2.27. The van der Waals surface area contributed by atoms with Gasteiger partial charge in [0.05, 0.1) is 11.4 Å². The Morgan fingerprint density at radius 2 is 2.05 bits per heavy atom. The van der Waals surface area contributed by atoms with Crippen molar-refractivity contribution in [3.8, 4) is 5.69 Å². The Bertz CT molecular complexity index is 549. The van der Waals surface area contributed by atoms with Gasteiger partial charge in [-0.05, 0) is 36.8 Å². The Hall–Kier alpha value is -1.72. The van der Waals surface area contributed by atoms with Gasteiger partial charge in [-0.2, -0.15) is 5.10 Å². The molecule has 19 heavy (non-hydrogen) atoms. The van der Waals surface area contributed by atoms with E-state index in [9.17, 15) is 4.39 Å². The summed E-state index contributed by atoms with van der Waals surface area (Å²) in [5.74, 6) is -0.233. The quantitative estimate of drug-likeness (QED) is 0.910. The molecule has 2 N–H and O–H groups in total. The maximum absolute atomic E-state index is 12.9. The Labute approximate surface area is 111 Å². The summed E-state index contributed by atoms with van der Waals surface area (Å²) in [6, 6.07) is 8.65. The van der Waals surface area contributed by atoms with Crippen LogP contribution in [0.25, 0.3) is 5.69 Å². The van der Waals surface area contributed by atoms with E-state index in [0.29, 0.717) is 0 Å². The molecule has 1 saturated heterocycles. The molecule has 0 radical (unpaired) electrons. The van der Waals surface area contributed by atoms with E-state index in [1.807, 2.05) is 10.7 Å². The van der Waals surface area contributed by atoms with E-state index in [4.69, 9.17) is 5.73 Å². The van der Waals surface area contributed by atoms with Crippen LogP contribution in [0.4, 0.5) is 4.39 Å². The molecule has 1 aliphatic rings. The van der Waals surface area contributed by atoms with Crippen molar-refractivity contribution < 1.29 is 4.39 Å². The van der Waals surface area contributed by atoms with Crippen LogP contribution in [0.15, 0.2) is 36.5 Å². The fourth-order valence-corrected chi connectivity index (χ4v) is 2.50. The molecule has 0 amide bonds. The second kappa shape index (κ2) is 5.11. The highest BCUT2D eigenvalue weighted by molar-refractivity contribution is 5.32. The van der Waals surface area contributed by atoms with E-state index in [1.165, 1.54) is 12.1 Å². The van der Waals surface area contributed by atoms with Crippen molar-refractivity contribution in [1.82, 2.24) is 14.7 Å². The van der Waals surface area contributed by atoms with Gasteiger partial charge in [0.2, 0.25) is 0 Å². The molecule has 0 bridgehead atoms. The van der Waals surface area contributed by atoms with Crippen LogP contribution in [-0.4, -0.2) is 33.8 Å². The zero-order valence-corrected chi connectivity index (χ0v) is 10.7. The predicted molar refractivity (Wildman–Crippen MR) is 71.4 cm³/mol. The second-order valence-electron chi connectivity index (χ2n) is 4.99. The first-order valence-corrected chi connectivity index (χ1v) is 6.49. The number of hydrogen-bond acceptors (Lipinski definition) is 3. The maximum Gasteiger partial charge on any atom is 0.123 e. The Morgan fingerprint density at radius 1 is 1.26 bits per heavy atom. The number of nitrogens with two attached hydrogens (primary N) is 1. The minimum absolute atomic E-state index is 0.233. The highest BCUT2D eigenvalue weighted by Crippen LogP contribution is 2.16. The summed E-state index contributed by atoms with van der Waals surface area (Å²) in [7, 11) is 0. The number of rotatable bonds is 3. The van der Waals surface area contributed by atoms with Crippen LogP contribution in [0, 0.1) is 5.82 Å². The van der Waals surface area contributed by atoms with Crippen molar-refractivity contribution in [3.63, 3.8) is 0 Å². The third kappa shape index (κ3) is 2.67. The number of nitrogens with zero attached hydrogens (tertiary/aromatic N) is 3. The van der Waals surface area contributed by atoms with E-state index in [0.717, 1.165) is 37.4 Å². The molecule has 0 unspecified atom stereocenters. The summed E-state index contributed by atoms with van der Waals surface area (Å²) in [6.45, 7) is 2.77. The fourth-order valence-electron chi connectivity index (χ4n) is 2.50. The monoisotopic (exact) mass is 260 g/mol. The summed E-state index contributed by atoms with van der Waals surface area (Å²) < 4.78 is 14.8. The third-order valence-corrected chi connectivity index (χ3v) is 3.49. The minimum atomic E-state index is -0.233. The SMILES string of the molecule is N[C@@H]1CCN(Cc2ccnn2-c2ccc(F)cc2)C1. The van der Waals surface area contributed by atoms with Gasteiger partial charge in [0.15, 0.2) is 0 Å². The first-order valence-electron chi connectivity index (χ1n) is 6.49. The molecule has 1 fully saturated rings. The topological polar surface area (TPSA) is 47.1 Å². The summed E-state index contributed by atoms with van der Waals surface area (Å²) in [5, 5.41) is 4.31. The van der Waals surface area contributed by atoms with E-state index < -0.39 is 0 Å². The van der Waals surface area contributed by atoms with Crippen molar-refractivity contribution >= 4 is 0 Å². The van der Waals surface area contributed by atoms with Crippen LogP contribution in [0.5, 0.6) is 0 Å². The Morgan fingerprint density at radius 3 is 2.74 bits per heavy atom. The standard InChI is InChI=1S/C14H17FN4/c15-11-1-3-13(4-2-11)19-14(5-7-17-19)10-18-8-6-12(16)9-18/h1-5,7,12H,6,8-10,16H2/t12-/m1/s1. The average molecular weight is 260 g/mol. The summed E-state index contributed by atoms with van der Waals surface area (Å²) >= 11 is 0. The lowest BCUT2D eigenvalue weighted by molar-refractivity contribution is 0.319. The van der Waals surface area contributed by atoms with Gasteiger partial charge in [-0.1, -0.05) is 0 Å². The van der Waals surface area contributed by atoms with Crippen molar-refractivity contribution in [2.24, 2.45) is 5.73 Å². The van der Waals surface area contributed by atoms with Crippen molar-refractivity contribution in [1.29, 1.82) is 0 Å². The largest absolute Gasteiger partial charge is 0.326 e. The van der Waals surface area contributed by atoms with Gasteiger partial charge in [-0.3, -0.25) is 4.90 Å². The number of halogens is 1. The Kier molecular flexibility index (Phi) is 3.31. The molecule has 1 aliphatic heterocycles. The maximum atomic E-state index is 12.9. The van der Waals surface area contributed by atoms with Gasteiger partial charge in [0.1, 0.15) is 5.82 Å². The Balaban J connectivity index is 1.80. The van der Waals surface area contributed by atoms with Crippen molar-refractivity contribution in [2.45, 2.75) is 19.0 Å². The zero-order valence-electron chi connectivity index (χ0n) is 10.7. The second-order valence-corrected chi connectivity index (χ2v) is 4.99. The van der Waals surface area contributed by atoms with E-state index >= 15 is 0 Å². The molecule has 1 aromatic carbocycles. The van der Waals surface area contributed by atoms with Gasteiger partial charge in [-0.25, -0.2) is 9.07 Å². The van der Waals surface area contributed by atoms with Crippen LogP contribution in [0.3, 0.4) is 0 Å². The summed E-state index contributed by atoms with van der Waals surface area (Å²) in [5.41, 5.74) is 7.89. The molecule has 0 aliphatic carbocycles. The molecule has 1 atom stereocenters. The normalized spacial score (nSPS) is 20.0. The van der Waals surface area contributed by atoms with Gasteiger partial charge < -0.3 is 5.73 Å². The molecule has 3 rings (SSSR count). The van der Waals surface area contributed by atoms with Gasteiger partial charge in [0, 0.05) is 31.9 Å². The molecule has 4 nitrogen and oxygen atoms in total. The third-order valence-electron chi connectivity index (χ3n) is 3.49. The lowest BCUT2D eigenvalue weighted by Gasteiger charge is -2.16. The molecule has 2 aromatic rings. The van der Waals surface area contributed by atoms with Crippen LogP contribution < -0.4 is 5.73 Å². The van der Waals surface area contributed by atoms with E-state index in [1.54, 1.807) is 18.3 Å². The van der Waals surface area contributed by atoms with E-state index in [-0.39, 0.29) is 11.9 Å². The predicted octanol–water partition coefficient (Wildman–Crippen LogP) is 1.54. The summed E-state index contributed by atoms with van der Waals surface area (Å²) in [4.78, 5) is 2.32. The number of hydrogen-bond donors (Lipinski definition) is 1. The lowest BCUT2D eigenvalue weighted by atomic mass is 10.3. The highest BCUT2D eigenvalue weighted by atomic mass is 19.1. The average Bonchev–Trinajstić information content (AvgIpc) is 3.00. The van der Waals surface area contributed by atoms with Crippen LogP contribution in [-0.2, 0) is 6.54 Å². The summed E-state index contributed by atoms with van der Waals surface area (Å²) in [6.07, 6.45) is 2.82. The zero-order chi connectivity index (χ0) is 13.2. The first kappa shape index (κ1) is 12.3. The number of benzene rings is 1. The first-order chi connectivity index (χ1) is 9.22. The van der Waals surface area contributed by atoms with Gasteiger partial charge in [0.25, 0.3) is 0 Å². The molecule has 0 spiro atoms. The molecule has 2 heterocycles. The molecular weight excluding hydrogens is 243 g/mol. The van der Waals surface area contributed by atoms with Gasteiger partial charge in [-0.15, -0.1) is 0 Å².